The van der Waals surface area contributed by atoms with E-state index in [1.165, 1.54) is 32.3 Å². The first kappa shape index (κ1) is 18.3. The van der Waals surface area contributed by atoms with Crippen LogP contribution >= 0.6 is 11.8 Å². The largest absolute Gasteiger partial charge is 0.349 e. The van der Waals surface area contributed by atoms with Crippen LogP contribution in [0.2, 0.25) is 0 Å². The molecule has 0 fully saturated rings. The highest BCUT2D eigenvalue weighted by Crippen LogP contribution is 2.47. The number of carbonyl (C=O) groups is 1. The number of nitrogens with one attached hydrogen (secondary N) is 1. The van der Waals surface area contributed by atoms with E-state index < -0.39 is 0 Å². The first-order valence-corrected chi connectivity index (χ1v) is 11.1. The Bertz CT molecular complexity index is 1000. The van der Waals surface area contributed by atoms with E-state index in [0.29, 0.717) is 13.0 Å². The Morgan fingerprint density at radius 3 is 2.34 bits per heavy atom. The lowest BCUT2D eigenvalue weighted by Crippen LogP contribution is -2.33. The molecule has 3 aromatic rings. The summed E-state index contributed by atoms with van der Waals surface area (Å²) in [6, 6.07) is 25.5. The molecule has 1 atom stereocenters. The van der Waals surface area contributed by atoms with Crippen molar-refractivity contribution < 1.29 is 4.79 Å². The summed E-state index contributed by atoms with van der Waals surface area (Å²) in [7, 11) is 0. The molecule has 5 rings (SSSR count). The van der Waals surface area contributed by atoms with Gasteiger partial charge < -0.3 is 10.2 Å². The van der Waals surface area contributed by atoms with Gasteiger partial charge in [-0.1, -0.05) is 60.3 Å². The van der Waals surface area contributed by atoms with E-state index in [0.717, 1.165) is 19.3 Å². The minimum Gasteiger partial charge on any atom is -0.349 e. The van der Waals surface area contributed by atoms with Crippen molar-refractivity contribution in [3.05, 3.63) is 83.9 Å². The summed E-state index contributed by atoms with van der Waals surface area (Å²) >= 11 is 1.80. The van der Waals surface area contributed by atoms with Crippen molar-refractivity contribution in [2.24, 2.45) is 0 Å². The van der Waals surface area contributed by atoms with Gasteiger partial charge in [-0.2, -0.15) is 0 Å². The second-order valence-corrected chi connectivity index (χ2v) is 8.73. The van der Waals surface area contributed by atoms with E-state index in [1.54, 1.807) is 11.8 Å². The predicted molar refractivity (Wildman–Crippen MR) is 119 cm³/mol. The lowest BCUT2D eigenvalue weighted by Gasteiger charge is -2.33. The van der Waals surface area contributed by atoms with Crippen LogP contribution in [0.3, 0.4) is 0 Å². The van der Waals surface area contributed by atoms with Gasteiger partial charge in [0, 0.05) is 22.8 Å². The van der Waals surface area contributed by atoms with Crippen molar-refractivity contribution in [3.8, 4) is 0 Å². The van der Waals surface area contributed by atoms with E-state index in [1.807, 2.05) is 0 Å². The Balaban J connectivity index is 1.32. The van der Waals surface area contributed by atoms with Crippen molar-refractivity contribution in [1.29, 1.82) is 0 Å². The van der Waals surface area contributed by atoms with E-state index in [-0.39, 0.29) is 11.9 Å². The second-order valence-electron chi connectivity index (χ2n) is 7.65. The first-order valence-electron chi connectivity index (χ1n) is 10.3. The number of rotatable bonds is 4. The number of nitrogens with zero attached hydrogens (tertiary/aromatic N) is 1. The highest BCUT2D eigenvalue weighted by Gasteiger charge is 2.25. The summed E-state index contributed by atoms with van der Waals surface area (Å²) < 4.78 is 0. The zero-order chi connectivity index (χ0) is 19.6. The zero-order valence-corrected chi connectivity index (χ0v) is 17.1. The van der Waals surface area contributed by atoms with Crippen molar-refractivity contribution in [3.63, 3.8) is 0 Å². The fourth-order valence-electron chi connectivity index (χ4n) is 4.41. The Morgan fingerprint density at radius 1 is 0.931 bits per heavy atom. The number of fused-ring (bicyclic) bond motifs is 3. The molecule has 1 aliphatic carbocycles. The summed E-state index contributed by atoms with van der Waals surface area (Å²) in [4.78, 5) is 17.6. The Kier molecular flexibility index (Phi) is 5.03. The van der Waals surface area contributed by atoms with Crippen molar-refractivity contribution in [2.75, 3.05) is 11.4 Å². The molecular weight excluding hydrogens is 376 g/mol. The Morgan fingerprint density at radius 2 is 1.59 bits per heavy atom. The third-order valence-electron chi connectivity index (χ3n) is 5.80. The van der Waals surface area contributed by atoms with Crippen LogP contribution in [-0.4, -0.2) is 12.5 Å². The molecule has 29 heavy (non-hydrogen) atoms. The van der Waals surface area contributed by atoms with Crippen LogP contribution in [0.4, 0.5) is 11.4 Å². The van der Waals surface area contributed by atoms with Crippen LogP contribution in [0, 0.1) is 0 Å². The molecule has 1 amide bonds. The highest BCUT2D eigenvalue weighted by atomic mass is 32.2. The fraction of sp³-hybridized carbons (Fsp3) is 0.240. The van der Waals surface area contributed by atoms with Gasteiger partial charge in [0.2, 0.25) is 5.91 Å². The summed E-state index contributed by atoms with van der Waals surface area (Å²) in [6.45, 7) is 0.675. The van der Waals surface area contributed by atoms with Crippen LogP contribution in [0.5, 0.6) is 0 Å². The van der Waals surface area contributed by atoms with Crippen molar-refractivity contribution in [1.82, 2.24) is 5.32 Å². The molecule has 0 radical (unpaired) electrons. The monoisotopic (exact) mass is 400 g/mol. The molecule has 1 N–H and O–H groups in total. The van der Waals surface area contributed by atoms with Gasteiger partial charge in [0.25, 0.3) is 0 Å². The smallest absolute Gasteiger partial charge is 0.222 e. The van der Waals surface area contributed by atoms with Gasteiger partial charge in [-0.15, -0.1) is 0 Å². The van der Waals surface area contributed by atoms with Crippen LogP contribution in [0.1, 0.15) is 36.4 Å². The van der Waals surface area contributed by atoms with Crippen LogP contribution in [0.25, 0.3) is 0 Å². The molecule has 4 heteroatoms. The summed E-state index contributed by atoms with van der Waals surface area (Å²) in [5, 5.41) is 3.29. The van der Waals surface area contributed by atoms with Gasteiger partial charge in [0.05, 0.1) is 17.4 Å². The topological polar surface area (TPSA) is 32.3 Å². The molecule has 0 saturated carbocycles. The number of aryl methyl sites for hydroxylation is 1. The Hall–Kier alpha value is -2.72. The second kappa shape index (κ2) is 7.96. The van der Waals surface area contributed by atoms with Crippen LogP contribution < -0.4 is 10.2 Å². The number of amides is 1. The van der Waals surface area contributed by atoms with Gasteiger partial charge in [-0.05, 0) is 54.7 Å². The zero-order valence-electron chi connectivity index (χ0n) is 16.3. The quantitative estimate of drug-likeness (QED) is 0.594. The van der Waals surface area contributed by atoms with E-state index in [4.69, 9.17) is 0 Å². The molecule has 146 valence electrons. The maximum Gasteiger partial charge on any atom is 0.222 e. The van der Waals surface area contributed by atoms with Crippen LogP contribution in [-0.2, 0) is 11.2 Å². The minimum absolute atomic E-state index is 0.125. The molecule has 0 aromatic heterocycles. The maximum absolute atomic E-state index is 12.8. The fourth-order valence-corrected chi connectivity index (χ4v) is 5.50. The molecule has 1 unspecified atom stereocenters. The molecule has 0 saturated heterocycles. The lowest BCUT2D eigenvalue weighted by atomic mass is 9.87. The van der Waals surface area contributed by atoms with E-state index in [9.17, 15) is 4.79 Å². The number of benzene rings is 3. The van der Waals surface area contributed by atoms with Crippen LogP contribution in [0.15, 0.2) is 82.6 Å². The standard InChI is InChI=1S/C25H24N2OS/c28-25(26-20-11-7-9-18-8-1-2-10-19(18)20)16-17-27-21-12-3-5-14-23(21)29-24-15-6-4-13-22(24)27/h1-6,8,10,12-15,20H,7,9,11,16-17H2,(H,26,28). The van der Waals surface area contributed by atoms with E-state index >= 15 is 0 Å². The summed E-state index contributed by atoms with van der Waals surface area (Å²) in [5.74, 6) is 0.125. The molecule has 3 nitrogen and oxygen atoms in total. The average Bonchev–Trinajstić information content (AvgIpc) is 2.77. The number of para-hydroxylation sites is 2. The summed E-state index contributed by atoms with van der Waals surface area (Å²) in [5.41, 5.74) is 5.04. The van der Waals surface area contributed by atoms with Crippen molar-refractivity contribution >= 4 is 29.0 Å². The maximum atomic E-state index is 12.8. The molecule has 0 bridgehead atoms. The van der Waals surface area contributed by atoms with Gasteiger partial charge in [0.1, 0.15) is 0 Å². The van der Waals surface area contributed by atoms with Gasteiger partial charge in [-0.25, -0.2) is 0 Å². The van der Waals surface area contributed by atoms with E-state index in [2.05, 4.69) is 83.0 Å². The molecule has 3 aromatic carbocycles. The summed E-state index contributed by atoms with van der Waals surface area (Å²) in [6.07, 6.45) is 3.74. The van der Waals surface area contributed by atoms with Crippen molar-refractivity contribution in [2.45, 2.75) is 41.5 Å². The highest BCUT2D eigenvalue weighted by molar-refractivity contribution is 7.99. The molecule has 1 heterocycles. The SMILES string of the molecule is O=C(CCN1c2ccccc2Sc2ccccc21)NC1CCCc2ccccc21. The predicted octanol–water partition coefficient (Wildman–Crippen LogP) is 5.87. The third kappa shape index (κ3) is 3.65. The number of anilines is 2. The molecule has 0 spiro atoms. The normalized spacial score (nSPS) is 17.1. The average molecular weight is 401 g/mol. The molecule has 2 aliphatic rings. The Labute approximate surface area is 176 Å². The first-order chi connectivity index (χ1) is 14.3. The van der Waals surface area contributed by atoms with Gasteiger partial charge in [0.15, 0.2) is 0 Å². The van der Waals surface area contributed by atoms with Gasteiger partial charge in [-0.3, -0.25) is 4.79 Å². The van der Waals surface area contributed by atoms with Gasteiger partial charge >= 0.3 is 0 Å². The lowest BCUT2D eigenvalue weighted by molar-refractivity contribution is -0.121. The number of carbonyl (C=O) groups excluding carboxylic acids is 1. The third-order valence-corrected chi connectivity index (χ3v) is 6.93. The minimum atomic E-state index is 0.125. The molecular formula is C25H24N2OS. The number of hydrogen-bond acceptors (Lipinski definition) is 3. The number of hydrogen-bond donors (Lipinski definition) is 1. The molecule has 1 aliphatic heterocycles.